The molecule has 1 aromatic carbocycles. The summed E-state index contributed by atoms with van der Waals surface area (Å²) in [5.41, 5.74) is 1.25. The van der Waals surface area contributed by atoms with Crippen LogP contribution in [0.4, 0.5) is 0 Å². The van der Waals surface area contributed by atoms with E-state index in [9.17, 15) is 14.6 Å². The topological polar surface area (TPSA) is 75.6 Å². The molecule has 2 N–H and O–H groups in total. The van der Waals surface area contributed by atoms with E-state index in [1.165, 1.54) is 5.56 Å². The van der Waals surface area contributed by atoms with Crippen LogP contribution in [0.3, 0.4) is 0 Å². The second kappa shape index (κ2) is 23.5. The molecule has 240 valence electrons. The fourth-order valence-corrected chi connectivity index (χ4v) is 6.59. The number of amides is 1. The number of hydrogen-bond acceptors (Lipinski definition) is 4. The van der Waals surface area contributed by atoms with Crippen molar-refractivity contribution in [3.8, 4) is 0 Å². The van der Waals surface area contributed by atoms with Gasteiger partial charge in [0.25, 0.3) is 6.92 Å². The number of carbonyl (C=O) groups excluding carboxylic acids is 2. The summed E-state index contributed by atoms with van der Waals surface area (Å²) < 4.78 is 6.05. The molecule has 0 aromatic heterocycles. The van der Waals surface area contributed by atoms with Crippen LogP contribution in [0.5, 0.6) is 0 Å². The average Bonchev–Trinajstić information content (AvgIpc) is 3.38. The molecule has 2 unspecified atom stereocenters. The number of esters is 1. The largest absolute Gasteiger partial charge is 0.458 e. The van der Waals surface area contributed by atoms with E-state index in [0.29, 0.717) is 37.1 Å². The van der Waals surface area contributed by atoms with Crippen molar-refractivity contribution >= 4 is 34.7 Å². The number of aryl methyl sites for hydroxylation is 1. The molecule has 1 amide bonds. The van der Waals surface area contributed by atoms with Crippen LogP contribution >= 0.6 is 15.9 Å². The zero-order chi connectivity index (χ0) is 31.1. The molecular formula is C36H57BBrNO4. The highest BCUT2D eigenvalue weighted by atomic mass is 79.9. The van der Waals surface area contributed by atoms with Crippen LogP contribution in [0.1, 0.15) is 103 Å². The van der Waals surface area contributed by atoms with Gasteiger partial charge < -0.3 is 15.1 Å². The molecule has 0 heterocycles. The SMILES string of the molecule is CCCCB(O)C[C@@H]1CC[C@H](C/C=C\CCCC(=O)NCC)C1/C=C/C(CCc1ccccc1)OC(=O)CCCCCBr. The fraction of sp³-hybridized carbons (Fsp3) is 0.667. The second-order valence-corrected chi connectivity index (χ2v) is 13.0. The highest BCUT2D eigenvalue weighted by Crippen LogP contribution is 2.43. The first kappa shape index (κ1) is 37.3. The quantitative estimate of drug-likeness (QED) is 0.0406. The summed E-state index contributed by atoms with van der Waals surface area (Å²) in [6.07, 6.45) is 23.3. The van der Waals surface area contributed by atoms with Gasteiger partial charge in [-0.1, -0.05) is 97.1 Å². The lowest BCUT2D eigenvalue weighted by atomic mass is 9.56. The molecule has 43 heavy (non-hydrogen) atoms. The van der Waals surface area contributed by atoms with E-state index in [2.05, 4.69) is 76.7 Å². The molecule has 1 fully saturated rings. The van der Waals surface area contributed by atoms with Crippen LogP contribution in [-0.4, -0.2) is 41.8 Å². The Balaban J connectivity index is 2.08. The second-order valence-electron chi connectivity index (χ2n) is 12.2. The lowest BCUT2D eigenvalue weighted by Crippen LogP contribution is -2.22. The zero-order valence-corrected chi connectivity index (χ0v) is 28.4. The molecule has 5 nitrogen and oxygen atoms in total. The van der Waals surface area contributed by atoms with Gasteiger partial charge in [-0.25, -0.2) is 0 Å². The van der Waals surface area contributed by atoms with Crippen LogP contribution in [0.25, 0.3) is 0 Å². The molecule has 1 aliphatic carbocycles. The van der Waals surface area contributed by atoms with E-state index in [1.54, 1.807) is 0 Å². The Hall–Kier alpha value is -1.86. The maximum absolute atomic E-state index is 12.8. The van der Waals surface area contributed by atoms with Gasteiger partial charge in [-0.2, -0.15) is 0 Å². The number of halogens is 1. The van der Waals surface area contributed by atoms with Crippen LogP contribution in [0.2, 0.25) is 12.6 Å². The molecule has 0 bridgehead atoms. The molecule has 0 radical (unpaired) electrons. The van der Waals surface area contributed by atoms with E-state index in [0.717, 1.165) is 95.0 Å². The molecule has 0 saturated heterocycles. The van der Waals surface area contributed by atoms with Gasteiger partial charge in [-0.05, 0) is 100 Å². The Morgan fingerprint density at radius 1 is 1.05 bits per heavy atom. The smallest absolute Gasteiger partial charge is 0.306 e. The van der Waals surface area contributed by atoms with Crippen molar-refractivity contribution < 1.29 is 19.3 Å². The Labute approximate surface area is 271 Å². The molecule has 4 atom stereocenters. The number of benzene rings is 1. The maximum atomic E-state index is 12.8. The van der Waals surface area contributed by atoms with Gasteiger partial charge in [-0.3, -0.25) is 9.59 Å². The third-order valence-electron chi connectivity index (χ3n) is 8.62. The molecule has 1 aliphatic rings. The molecule has 7 heteroatoms. The average molecular weight is 659 g/mol. The van der Waals surface area contributed by atoms with Crippen molar-refractivity contribution in [3.05, 3.63) is 60.2 Å². The minimum absolute atomic E-state index is 0.109. The normalized spacial score (nSPS) is 19.2. The molecule has 0 aliphatic heterocycles. The number of carbonyl (C=O) groups is 2. The van der Waals surface area contributed by atoms with Crippen molar-refractivity contribution in [1.82, 2.24) is 5.32 Å². The highest BCUT2D eigenvalue weighted by molar-refractivity contribution is 9.09. The maximum Gasteiger partial charge on any atom is 0.306 e. The number of allylic oxidation sites excluding steroid dienone is 3. The molecule has 0 spiro atoms. The summed E-state index contributed by atoms with van der Waals surface area (Å²) in [4.78, 5) is 24.5. The summed E-state index contributed by atoms with van der Waals surface area (Å²) in [6, 6.07) is 10.4. The van der Waals surface area contributed by atoms with Crippen molar-refractivity contribution in [2.45, 2.75) is 122 Å². The van der Waals surface area contributed by atoms with E-state index < -0.39 is 0 Å². The molecule has 2 rings (SSSR count). The van der Waals surface area contributed by atoms with Gasteiger partial charge in [0, 0.05) is 24.7 Å². The lowest BCUT2D eigenvalue weighted by Gasteiger charge is -2.23. The monoisotopic (exact) mass is 657 g/mol. The zero-order valence-electron chi connectivity index (χ0n) is 26.9. The predicted molar refractivity (Wildman–Crippen MR) is 185 cm³/mol. The number of rotatable bonds is 23. The molecule has 1 aromatic rings. The first-order valence-corrected chi connectivity index (χ1v) is 18.2. The van der Waals surface area contributed by atoms with Crippen LogP contribution in [0.15, 0.2) is 54.6 Å². The number of ether oxygens (including phenoxy) is 1. The minimum atomic E-state index is -0.254. The van der Waals surface area contributed by atoms with Crippen LogP contribution in [-0.2, 0) is 20.7 Å². The third-order valence-corrected chi connectivity index (χ3v) is 9.18. The number of alkyl halides is 1. The number of unbranched alkanes of at least 4 members (excludes halogenated alkanes) is 4. The highest BCUT2D eigenvalue weighted by Gasteiger charge is 2.35. The molecule has 1 saturated carbocycles. The Morgan fingerprint density at radius 3 is 2.58 bits per heavy atom. The van der Waals surface area contributed by atoms with Crippen LogP contribution < -0.4 is 5.32 Å². The van der Waals surface area contributed by atoms with Crippen molar-refractivity contribution in [3.63, 3.8) is 0 Å². The summed E-state index contributed by atoms with van der Waals surface area (Å²) in [7, 11) is 0. The number of nitrogens with one attached hydrogen (secondary N) is 1. The lowest BCUT2D eigenvalue weighted by molar-refractivity contribution is -0.147. The van der Waals surface area contributed by atoms with E-state index >= 15 is 0 Å². The standard InChI is InChI=1S/C36H57BBrNO4/c1-3-5-27-37(42)29-32-23-22-31(18-12-6-7-13-19-35(40)39-4-2)34(32)26-25-33(24-21-30-16-10-8-11-17-30)43-36(41)20-14-9-15-28-38/h6,8,10-12,16-17,25-26,31-34,42H,3-5,7,9,13-15,18-24,27-29H2,1-2H3,(H,39,40)/b12-6-,26-25+/t31-,32-,33?,34?/m0/s1. The summed E-state index contributed by atoms with van der Waals surface area (Å²) in [6.45, 7) is 4.55. The van der Waals surface area contributed by atoms with Gasteiger partial charge >= 0.3 is 5.97 Å². The van der Waals surface area contributed by atoms with Gasteiger partial charge in [0.2, 0.25) is 5.91 Å². The summed E-state index contributed by atoms with van der Waals surface area (Å²) in [5, 5.41) is 14.6. The Morgan fingerprint density at radius 2 is 1.84 bits per heavy atom. The number of hydrogen-bond donors (Lipinski definition) is 2. The van der Waals surface area contributed by atoms with Crippen molar-refractivity contribution in [2.75, 3.05) is 11.9 Å². The van der Waals surface area contributed by atoms with Crippen LogP contribution in [0, 0.1) is 17.8 Å². The fourth-order valence-electron chi connectivity index (χ4n) is 6.19. The summed E-state index contributed by atoms with van der Waals surface area (Å²) in [5.74, 6) is 1.32. The van der Waals surface area contributed by atoms with Gasteiger partial charge in [0.15, 0.2) is 0 Å². The van der Waals surface area contributed by atoms with E-state index in [1.807, 2.05) is 13.0 Å². The minimum Gasteiger partial charge on any atom is -0.458 e. The molecular weight excluding hydrogens is 601 g/mol. The van der Waals surface area contributed by atoms with Crippen molar-refractivity contribution in [2.24, 2.45) is 17.8 Å². The third kappa shape index (κ3) is 16.7. The Bertz CT molecular complexity index is 940. The van der Waals surface area contributed by atoms with Gasteiger partial charge in [0.05, 0.1) is 0 Å². The van der Waals surface area contributed by atoms with Crippen molar-refractivity contribution in [1.29, 1.82) is 0 Å². The van der Waals surface area contributed by atoms with E-state index in [-0.39, 0.29) is 24.9 Å². The first-order chi connectivity index (χ1) is 21.0. The van der Waals surface area contributed by atoms with Gasteiger partial charge in [0.1, 0.15) is 6.10 Å². The summed E-state index contributed by atoms with van der Waals surface area (Å²) >= 11 is 3.47. The van der Waals surface area contributed by atoms with Gasteiger partial charge in [-0.15, -0.1) is 0 Å². The predicted octanol–water partition coefficient (Wildman–Crippen LogP) is 8.72. The first-order valence-electron chi connectivity index (χ1n) is 17.0. The van der Waals surface area contributed by atoms with E-state index in [4.69, 9.17) is 4.74 Å². The Kier molecular flexibility index (Phi) is 20.4.